The number of nitrogens with one attached hydrogen (secondary N) is 1. The van der Waals surface area contributed by atoms with Gasteiger partial charge in [-0.1, -0.05) is 37.6 Å². The number of aromatic nitrogens is 5. The molecule has 3 heterocycles. The van der Waals surface area contributed by atoms with Crippen LogP contribution in [0.15, 0.2) is 33.8 Å². The molecule has 0 spiro atoms. The summed E-state index contributed by atoms with van der Waals surface area (Å²) in [4.78, 5) is 35.1. The van der Waals surface area contributed by atoms with E-state index >= 15 is 0 Å². The summed E-state index contributed by atoms with van der Waals surface area (Å²) in [7, 11) is 0. The largest absolute Gasteiger partial charge is 0.352 e. The first-order valence-corrected chi connectivity index (χ1v) is 10.9. The third-order valence-electron chi connectivity index (χ3n) is 5.61. The molecule has 32 heavy (non-hydrogen) atoms. The smallest absolute Gasteiger partial charge is 0.278 e. The Balaban J connectivity index is 1.82. The zero-order valence-electron chi connectivity index (χ0n) is 19.0. The van der Waals surface area contributed by atoms with Crippen LogP contribution in [0.2, 0.25) is 0 Å². The first-order valence-electron chi connectivity index (χ1n) is 10.9. The van der Waals surface area contributed by atoms with Gasteiger partial charge in [-0.25, -0.2) is 4.98 Å². The van der Waals surface area contributed by atoms with Crippen molar-refractivity contribution in [2.24, 2.45) is 0 Å². The van der Waals surface area contributed by atoms with Crippen LogP contribution in [0.4, 0.5) is 0 Å². The van der Waals surface area contributed by atoms with Crippen molar-refractivity contribution in [1.29, 1.82) is 0 Å². The highest BCUT2D eigenvalue weighted by Gasteiger charge is 2.20. The van der Waals surface area contributed by atoms with Crippen LogP contribution in [-0.2, 0) is 17.9 Å². The van der Waals surface area contributed by atoms with Crippen molar-refractivity contribution in [3.63, 3.8) is 0 Å². The first-order chi connectivity index (χ1) is 15.3. The monoisotopic (exact) mass is 436 g/mol. The summed E-state index contributed by atoms with van der Waals surface area (Å²) in [6.45, 7) is 10.0. The van der Waals surface area contributed by atoms with E-state index in [1.807, 2.05) is 52.8 Å². The van der Waals surface area contributed by atoms with E-state index in [4.69, 9.17) is 4.52 Å². The van der Waals surface area contributed by atoms with Crippen molar-refractivity contribution < 1.29 is 9.32 Å². The van der Waals surface area contributed by atoms with Gasteiger partial charge in [0.25, 0.3) is 5.56 Å². The molecular weight excluding hydrogens is 408 g/mol. The maximum Gasteiger partial charge on any atom is 0.278 e. The summed E-state index contributed by atoms with van der Waals surface area (Å²) in [6, 6.07) is 5.94. The zero-order valence-corrected chi connectivity index (χ0v) is 19.0. The Bertz CT molecular complexity index is 1350. The Kier molecular flexibility index (Phi) is 5.82. The van der Waals surface area contributed by atoms with Crippen LogP contribution >= 0.6 is 0 Å². The molecule has 9 nitrogen and oxygen atoms in total. The fourth-order valence-electron chi connectivity index (χ4n) is 3.67. The van der Waals surface area contributed by atoms with E-state index in [0.717, 1.165) is 22.9 Å². The fourth-order valence-corrected chi connectivity index (χ4v) is 3.67. The van der Waals surface area contributed by atoms with Gasteiger partial charge in [-0.3, -0.25) is 14.2 Å². The summed E-state index contributed by atoms with van der Waals surface area (Å²) in [5.41, 5.74) is 2.56. The maximum absolute atomic E-state index is 13.5. The number of amides is 1. The predicted molar refractivity (Wildman–Crippen MR) is 122 cm³/mol. The molecule has 4 rings (SSSR count). The van der Waals surface area contributed by atoms with Gasteiger partial charge in [-0.2, -0.15) is 4.98 Å². The van der Waals surface area contributed by atoms with E-state index in [1.165, 1.54) is 10.9 Å². The number of carbonyl (C=O) groups excluding carboxylic acids is 1. The lowest BCUT2D eigenvalue weighted by Gasteiger charge is -2.13. The van der Waals surface area contributed by atoms with Crippen LogP contribution < -0.4 is 10.9 Å². The van der Waals surface area contributed by atoms with Crippen LogP contribution in [0.3, 0.4) is 0 Å². The Morgan fingerprint density at radius 1 is 1.25 bits per heavy atom. The Hall–Kier alpha value is -3.49. The van der Waals surface area contributed by atoms with Gasteiger partial charge in [0.1, 0.15) is 24.1 Å². The van der Waals surface area contributed by atoms with Crippen LogP contribution in [0.5, 0.6) is 0 Å². The Morgan fingerprint density at radius 3 is 2.72 bits per heavy atom. The van der Waals surface area contributed by atoms with Crippen molar-refractivity contribution in [2.75, 3.05) is 0 Å². The summed E-state index contributed by atoms with van der Waals surface area (Å²) in [6.07, 6.45) is 2.32. The summed E-state index contributed by atoms with van der Waals surface area (Å²) >= 11 is 0. The molecular formula is C23H28N6O3. The number of aryl methyl sites for hydroxylation is 1. The lowest BCUT2D eigenvalue weighted by atomic mass is 10.1. The Labute approximate surface area is 185 Å². The van der Waals surface area contributed by atoms with Gasteiger partial charge in [-0.05, 0) is 32.4 Å². The minimum Gasteiger partial charge on any atom is -0.352 e. The average molecular weight is 437 g/mol. The topological polar surface area (TPSA) is 108 Å². The van der Waals surface area contributed by atoms with Crippen LogP contribution in [-0.4, -0.2) is 36.2 Å². The molecule has 0 aliphatic carbocycles. The number of rotatable bonds is 7. The molecule has 168 valence electrons. The Morgan fingerprint density at radius 2 is 2.03 bits per heavy atom. The molecule has 0 fully saturated rings. The molecule has 3 aromatic heterocycles. The second-order valence-corrected chi connectivity index (χ2v) is 8.56. The number of benzene rings is 1. The van der Waals surface area contributed by atoms with Gasteiger partial charge < -0.3 is 14.4 Å². The fraction of sp³-hybridized carbons (Fsp3) is 0.435. The molecule has 0 bridgehead atoms. The highest BCUT2D eigenvalue weighted by atomic mass is 16.5. The van der Waals surface area contributed by atoms with Gasteiger partial charge in [0.2, 0.25) is 11.8 Å². The summed E-state index contributed by atoms with van der Waals surface area (Å²) < 4.78 is 8.49. The van der Waals surface area contributed by atoms with Gasteiger partial charge in [-0.15, -0.1) is 0 Å². The number of fused-ring (bicyclic) bond motifs is 3. The van der Waals surface area contributed by atoms with E-state index in [0.29, 0.717) is 22.7 Å². The van der Waals surface area contributed by atoms with Gasteiger partial charge in [0.15, 0.2) is 5.82 Å². The molecule has 4 aromatic rings. The molecule has 1 aromatic carbocycles. The molecule has 0 unspecified atom stereocenters. The van der Waals surface area contributed by atoms with Gasteiger partial charge in [0, 0.05) is 17.3 Å². The average Bonchev–Trinajstić information content (AvgIpc) is 3.33. The quantitative estimate of drug-likeness (QED) is 0.477. The molecule has 0 aliphatic heterocycles. The first kappa shape index (κ1) is 21.7. The second kappa shape index (κ2) is 8.57. The SMILES string of the molecule is CC[C@@H](C)NC(=O)Cn1c2ccc(C)cc2c2ncn(Cc3nc(C(C)C)no3)c(=O)c21. The molecule has 1 atom stereocenters. The third kappa shape index (κ3) is 4.02. The maximum atomic E-state index is 13.5. The highest BCUT2D eigenvalue weighted by molar-refractivity contribution is 6.06. The normalized spacial score (nSPS) is 12.7. The summed E-state index contributed by atoms with van der Waals surface area (Å²) in [5, 5.41) is 7.78. The highest BCUT2D eigenvalue weighted by Crippen LogP contribution is 2.26. The summed E-state index contributed by atoms with van der Waals surface area (Å²) in [5.74, 6) is 0.907. The van der Waals surface area contributed by atoms with Crippen molar-refractivity contribution in [3.05, 3.63) is 52.2 Å². The predicted octanol–water partition coefficient (Wildman–Crippen LogP) is 3.13. The molecule has 1 N–H and O–H groups in total. The van der Waals surface area contributed by atoms with Crippen LogP contribution in [0, 0.1) is 6.92 Å². The zero-order chi connectivity index (χ0) is 23.0. The van der Waals surface area contributed by atoms with Crippen molar-refractivity contribution in [2.45, 2.75) is 66.1 Å². The standard InChI is InChI=1S/C23H28N6O3/c1-6-15(5)25-18(30)10-29-17-8-7-14(4)9-16(17)20-21(29)23(31)28(12-24-20)11-19-26-22(13(2)3)27-32-19/h7-9,12-13,15H,6,10-11H2,1-5H3,(H,25,30)/t15-/m1/s1. The van der Waals surface area contributed by atoms with E-state index in [-0.39, 0.29) is 36.5 Å². The molecule has 0 saturated carbocycles. The molecule has 9 heteroatoms. The van der Waals surface area contributed by atoms with E-state index in [1.54, 1.807) is 4.57 Å². The molecule has 0 radical (unpaired) electrons. The van der Waals surface area contributed by atoms with E-state index in [2.05, 4.69) is 20.4 Å². The van der Waals surface area contributed by atoms with E-state index < -0.39 is 0 Å². The number of hydrogen-bond donors (Lipinski definition) is 1. The molecule has 1 amide bonds. The lowest BCUT2D eigenvalue weighted by molar-refractivity contribution is -0.122. The number of nitrogens with zero attached hydrogens (tertiary/aromatic N) is 5. The number of hydrogen-bond acceptors (Lipinski definition) is 6. The lowest BCUT2D eigenvalue weighted by Crippen LogP contribution is -2.35. The minimum absolute atomic E-state index is 0.0341. The number of carbonyl (C=O) groups is 1. The molecule has 0 aliphatic rings. The van der Waals surface area contributed by atoms with Crippen molar-refractivity contribution >= 4 is 27.8 Å². The second-order valence-electron chi connectivity index (χ2n) is 8.56. The van der Waals surface area contributed by atoms with Crippen molar-refractivity contribution in [1.82, 2.24) is 29.6 Å². The van der Waals surface area contributed by atoms with E-state index in [9.17, 15) is 9.59 Å². The molecule has 0 saturated heterocycles. The van der Waals surface area contributed by atoms with Gasteiger partial charge >= 0.3 is 0 Å². The van der Waals surface area contributed by atoms with Crippen LogP contribution in [0.25, 0.3) is 21.9 Å². The van der Waals surface area contributed by atoms with Crippen molar-refractivity contribution in [3.8, 4) is 0 Å². The van der Waals surface area contributed by atoms with Gasteiger partial charge in [0.05, 0.1) is 11.8 Å². The van der Waals surface area contributed by atoms with Crippen LogP contribution in [0.1, 0.15) is 57.3 Å². The minimum atomic E-state index is -0.260. The third-order valence-corrected chi connectivity index (χ3v) is 5.61.